The standard InChI is InChI=1S/C15H15NO3S/c17-14(16-12-5-2-1-3-6-12)9-11(10-15(18)19)13-7-4-8-20-13/h1-8,11H,9-10H2,(H,16,17)(H,18,19). The normalized spacial score (nSPS) is 11.8. The van der Waals surface area contributed by atoms with E-state index in [1.165, 1.54) is 11.3 Å². The fraction of sp³-hybridized carbons (Fsp3) is 0.200. The second-order valence-electron chi connectivity index (χ2n) is 4.43. The quantitative estimate of drug-likeness (QED) is 0.857. The molecule has 0 saturated heterocycles. The van der Waals surface area contributed by atoms with Crippen molar-refractivity contribution in [2.45, 2.75) is 18.8 Å². The maximum Gasteiger partial charge on any atom is 0.304 e. The zero-order valence-corrected chi connectivity index (χ0v) is 11.6. The summed E-state index contributed by atoms with van der Waals surface area (Å²) >= 11 is 1.48. The zero-order valence-electron chi connectivity index (χ0n) is 10.8. The molecule has 4 nitrogen and oxygen atoms in total. The Balaban J connectivity index is 2.00. The monoisotopic (exact) mass is 289 g/mol. The number of hydrogen-bond donors (Lipinski definition) is 2. The van der Waals surface area contributed by atoms with Gasteiger partial charge in [-0.2, -0.15) is 0 Å². The summed E-state index contributed by atoms with van der Waals surface area (Å²) in [6, 6.07) is 12.9. The highest BCUT2D eigenvalue weighted by atomic mass is 32.1. The van der Waals surface area contributed by atoms with Gasteiger partial charge in [0, 0.05) is 22.9 Å². The average Bonchev–Trinajstić information content (AvgIpc) is 2.92. The molecule has 0 bridgehead atoms. The lowest BCUT2D eigenvalue weighted by Crippen LogP contribution is -2.17. The van der Waals surface area contributed by atoms with E-state index in [-0.39, 0.29) is 24.7 Å². The van der Waals surface area contributed by atoms with Crippen molar-refractivity contribution in [3.63, 3.8) is 0 Å². The van der Waals surface area contributed by atoms with E-state index in [2.05, 4.69) is 5.32 Å². The molecule has 0 aliphatic rings. The van der Waals surface area contributed by atoms with Crippen LogP contribution in [0.1, 0.15) is 23.6 Å². The summed E-state index contributed by atoms with van der Waals surface area (Å²) in [5.74, 6) is -1.34. The molecular formula is C15H15NO3S. The van der Waals surface area contributed by atoms with Gasteiger partial charge in [0.05, 0.1) is 6.42 Å². The molecule has 2 N–H and O–H groups in total. The molecule has 1 aromatic heterocycles. The zero-order chi connectivity index (χ0) is 14.4. The highest BCUT2D eigenvalue weighted by Crippen LogP contribution is 2.28. The Kier molecular flexibility index (Phi) is 4.90. The molecule has 1 unspecified atom stereocenters. The lowest BCUT2D eigenvalue weighted by Gasteiger charge is -2.13. The number of aliphatic carboxylic acids is 1. The van der Waals surface area contributed by atoms with Gasteiger partial charge in [-0.05, 0) is 23.6 Å². The molecular weight excluding hydrogens is 274 g/mol. The van der Waals surface area contributed by atoms with Crippen LogP contribution in [0.4, 0.5) is 5.69 Å². The molecule has 0 radical (unpaired) electrons. The highest BCUT2D eigenvalue weighted by Gasteiger charge is 2.20. The van der Waals surface area contributed by atoms with Crippen LogP contribution in [-0.4, -0.2) is 17.0 Å². The third-order valence-corrected chi connectivity index (χ3v) is 3.89. The molecule has 0 aliphatic carbocycles. The van der Waals surface area contributed by atoms with Crippen molar-refractivity contribution in [1.82, 2.24) is 0 Å². The van der Waals surface area contributed by atoms with Crippen LogP contribution >= 0.6 is 11.3 Å². The predicted octanol–water partition coefficient (Wildman–Crippen LogP) is 3.34. The fourth-order valence-corrected chi connectivity index (χ4v) is 2.80. The van der Waals surface area contributed by atoms with Crippen LogP contribution in [0.5, 0.6) is 0 Å². The van der Waals surface area contributed by atoms with Gasteiger partial charge in [-0.1, -0.05) is 24.3 Å². The Morgan fingerprint density at radius 2 is 1.85 bits per heavy atom. The predicted molar refractivity (Wildman–Crippen MR) is 79.0 cm³/mol. The number of rotatable bonds is 6. The van der Waals surface area contributed by atoms with E-state index in [1.807, 2.05) is 35.7 Å². The van der Waals surface area contributed by atoms with Crippen LogP contribution in [0.2, 0.25) is 0 Å². The molecule has 0 fully saturated rings. The molecule has 2 rings (SSSR count). The largest absolute Gasteiger partial charge is 0.481 e. The van der Waals surface area contributed by atoms with Gasteiger partial charge in [-0.25, -0.2) is 0 Å². The summed E-state index contributed by atoms with van der Waals surface area (Å²) in [6.07, 6.45) is 0.129. The SMILES string of the molecule is O=C(O)CC(CC(=O)Nc1ccccc1)c1cccs1. The van der Waals surface area contributed by atoms with Crippen molar-refractivity contribution in [1.29, 1.82) is 0 Å². The molecule has 1 heterocycles. The van der Waals surface area contributed by atoms with Gasteiger partial charge < -0.3 is 10.4 Å². The molecule has 20 heavy (non-hydrogen) atoms. The maximum atomic E-state index is 12.0. The molecule has 1 aromatic carbocycles. The first-order valence-electron chi connectivity index (χ1n) is 6.25. The van der Waals surface area contributed by atoms with E-state index in [0.29, 0.717) is 0 Å². The Morgan fingerprint density at radius 1 is 1.10 bits per heavy atom. The summed E-state index contributed by atoms with van der Waals surface area (Å²) in [5, 5.41) is 13.6. The van der Waals surface area contributed by atoms with E-state index >= 15 is 0 Å². The number of carboxylic acids is 1. The number of carbonyl (C=O) groups is 2. The van der Waals surface area contributed by atoms with Crippen molar-refractivity contribution in [2.24, 2.45) is 0 Å². The van der Waals surface area contributed by atoms with Gasteiger partial charge in [0.15, 0.2) is 0 Å². The van der Waals surface area contributed by atoms with Crippen molar-refractivity contribution >= 4 is 28.9 Å². The molecule has 0 aliphatic heterocycles. The molecule has 5 heteroatoms. The number of carboxylic acid groups (broad SMARTS) is 1. The number of amides is 1. The van der Waals surface area contributed by atoms with Crippen molar-refractivity contribution in [2.75, 3.05) is 5.32 Å². The van der Waals surface area contributed by atoms with Crippen LogP contribution in [0.15, 0.2) is 47.8 Å². The number of hydrogen-bond acceptors (Lipinski definition) is 3. The van der Waals surface area contributed by atoms with Crippen LogP contribution < -0.4 is 5.32 Å². The second kappa shape index (κ2) is 6.86. The van der Waals surface area contributed by atoms with Crippen molar-refractivity contribution < 1.29 is 14.7 Å². The topological polar surface area (TPSA) is 66.4 Å². The first-order chi connectivity index (χ1) is 9.65. The Hall–Kier alpha value is -2.14. The van der Waals surface area contributed by atoms with Crippen molar-refractivity contribution in [3.05, 3.63) is 52.7 Å². The van der Waals surface area contributed by atoms with Gasteiger partial charge in [0.1, 0.15) is 0 Å². The van der Waals surface area contributed by atoms with Gasteiger partial charge >= 0.3 is 5.97 Å². The minimum absolute atomic E-state index is 0.0390. The average molecular weight is 289 g/mol. The lowest BCUT2D eigenvalue weighted by molar-refractivity contribution is -0.137. The summed E-state index contributed by atoms with van der Waals surface area (Å²) in [5.41, 5.74) is 0.720. The van der Waals surface area contributed by atoms with Crippen LogP contribution in [0, 0.1) is 0 Å². The first kappa shape index (κ1) is 14.3. The number of thiophene rings is 1. The molecule has 0 spiro atoms. The van der Waals surface area contributed by atoms with Crippen molar-refractivity contribution in [3.8, 4) is 0 Å². The van der Waals surface area contributed by atoms with E-state index in [9.17, 15) is 9.59 Å². The summed E-state index contributed by atoms with van der Waals surface area (Å²) in [6.45, 7) is 0. The number of anilines is 1. The molecule has 1 atom stereocenters. The van der Waals surface area contributed by atoms with Crippen LogP contribution in [0.25, 0.3) is 0 Å². The lowest BCUT2D eigenvalue weighted by atomic mass is 9.99. The third kappa shape index (κ3) is 4.20. The second-order valence-corrected chi connectivity index (χ2v) is 5.41. The van der Waals surface area contributed by atoms with E-state index in [1.54, 1.807) is 12.1 Å². The number of para-hydroxylation sites is 1. The molecule has 0 saturated carbocycles. The van der Waals surface area contributed by atoms with Crippen LogP contribution in [0.3, 0.4) is 0 Å². The third-order valence-electron chi connectivity index (χ3n) is 2.86. The molecule has 1 amide bonds. The number of carbonyl (C=O) groups excluding carboxylic acids is 1. The minimum atomic E-state index is -0.893. The highest BCUT2D eigenvalue weighted by molar-refractivity contribution is 7.10. The fourth-order valence-electron chi connectivity index (χ4n) is 1.97. The van der Waals surface area contributed by atoms with E-state index < -0.39 is 5.97 Å². The Bertz CT molecular complexity index is 566. The number of nitrogens with one attached hydrogen (secondary N) is 1. The minimum Gasteiger partial charge on any atom is -0.481 e. The smallest absolute Gasteiger partial charge is 0.304 e. The maximum absolute atomic E-state index is 12.0. The van der Waals surface area contributed by atoms with Gasteiger partial charge in [-0.15, -0.1) is 11.3 Å². The van der Waals surface area contributed by atoms with E-state index in [0.717, 1.165) is 10.6 Å². The summed E-state index contributed by atoms with van der Waals surface area (Å²) in [7, 11) is 0. The Labute approximate surface area is 121 Å². The summed E-state index contributed by atoms with van der Waals surface area (Å²) in [4.78, 5) is 23.8. The van der Waals surface area contributed by atoms with Crippen LogP contribution in [-0.2, 0) is 9.59 Å². The van der Waals surface area contributed by atoms with Gasteiger partial charge in [-0.3, -0.25) is 9.59 Å². The van der Waals surface area contributed by atoms with E-state index in [4.69, 9.17) is 5.11 Å². The van der Waals surface area contributed by atoms with Gasteiger partial charge in [0.25, 0.3) is 0 Å². The Morgan fingerprint density at radius 3 is 2.45 bits per heavy atom. The van der Waals surface area contributed by atoms with Gasteiger partial charge in [0.2, 0.25) is 5.91 Å². The molecule has 2 aromatic rings. The summed E-state index contributed by atoms with van der Waals surface area (Å²) < 4.78 is 0. The number of benzene rings is 1. The first-order valence-corrected chi connectivity index (χ1v) is 7.13. The molecule has 104 valence electrons.